The Morgan fingerprint density at radius 2 is 1.72 bits per heavy atom. The summed E-state index contributed by atoms with van der Waals surface area (Å²) in [6, 6.07) is 0.433. The summed E-state index contributed by atoms with van der Waals surface area (Å²) in [5.74, 6) is 0.675. The van der Waals surface area contributed by atoms with E-state index in [2.05, 4.69) is 22.2 Å². The van der Waals surface area contributed by atoms with Crippen LogP contribution in [0.5, 0.6) is 0 Å². The molecule has 6 nitrogen and oxygen atoms in total. The van der Waals surface area contributed by atoms with Gasteiger partial charge in [0.2, 0.25) is 11.8 Å². The molecule has 2 saturated carbocycles. The molecular formula is C23H34N4O2. The number of hydrogen-bond donors (Lipinski definition) is 1. The fourth-order valence-corrected chi connectivity index (χ4v) is 4.35. The highest BCUT2D eigenvalue weighted by molar-refractivity contribution is 5.88. The van der Waals surface area contributed by atoms with E-state index in [9.17, 15) is 9.59 Å². The van der Waals surface area contributed by atoms with Gasteiger partial charge in [-0.3, -0.25) is 9.59 Å². The molecule has 158 valence electrons. The van der Waals surface area contributed by atoms with E-state index in [1.807, 2.05) is 24.9 Å². The molecule has 1 heterocycles. The zero-order valence-corrected chi connectivity index (χ0v) is 17.9. The van der Waals surface area contributed by atoms with Gasteiger partial charge in [0.1, 0.15) is 6.33 Å². The summed E-state index contributed by atoms with van der Waals surface area (Å²) in [4.78, 5) is 35.1. The molecule has 6 heteroatoms. The van der Waals surface area contributed by atoms with Crippen LogP contribution in [0.15, 0.2) is 30.4 Å². The normalized spacial score (nSPS) is 25.8. The van der Waals surface area contributed by atoms with E-state index >= 15 is 0 Å². The van der Waals surface area contributed by atoms with Crippen LogP contribution < -0.4 is 5.32 Å². The number of hydrogen-bond acceptors (Lipinski definition) is 4. The Kier molecular flexibility index (Phi) is 7.40. The van der Waals surface area contributed by atoms with Crippen molar-refractivity contribution in [3.05, 3.63) is 35.9 Å². The van der Waals surface area contributed by atoms with E-state index in [0.717, 1.165) is 50.0 Å². The second-order valence-electron chi connectivity index (χ2n) is 8.84. The maximum Gasteiger partial charge on any atom is 0.246 e. The molecule has 0 radical (unpaired) electrons. The van der Waals surface area contributed by atoms with Crippen LogP contribution in [-0.4, -0.2) is 45.8 Å². The van der Waals surface area contributed by atoms with Gasteiger partial charge in [0.05, 0.1) is 5.92 Å². The highest BCUT2D eigenvalue weighted by Gasteiger charge is 2.28. The minimum atomic E-state index is -0.261. The van der Waals surface area contributed by atoms with Gasteiger partial charge >= 0.3 is 0 Å². The molecule has 3 rings (SSSR count). The standard InChI is InChI=1S/C23H34N4O2/c1-16-4-6-18(7-5-16)12-22(28)27(3)21-10-8-20(9-11-21)26-23(29)17(2)19-13-24-15-25-14-19/h12-17,20-21H,4-11H2,1-3H3,(H,26,29). The number of allylic oxidation sites excluding steroid dienone is 1. The topological polar surface area (TPSA) is 75.2 Å². The number of aromatic nitrogens is 2. The molecular weight excluding hydrogens is 364 g/mol. The summed E-state index contributed by atoms with van der Waals surface area (Å²) in [5.41, 5.74) is 2.13. The molecule has 1 atom stereocenters. The lowest BCUT2D eigenvalue weighted by atomic mass is 9.86. The fraction of sp³-hybridized carbons (Fsp3) is 0.652. The van der Waals surface area contributed by atoms with Crippen molar-refractivity contribution in [1.29, 1.82) is 0 Å². The molecule has 1 N–H and O–H groups in total. The molecule has 1 unspecified atom stereocenters. The highest BCUT2D eigenvalue weighted by atomic mass is 16.2. The Balaban J connectivity index is 1.45. The van der Waals surface area contributed by atoms with Crippen molar-refractivity contribution < 1.29 is 9.59 Å². The second kappa shape index (κ2) is 9.99. The van der Waals surface area contributed by atoms with Gasteiger partial charge in [-0.15, -0.1) is 0 Å². The summed E-state index contributed by atoms with van der Waals surface area (Å²) in [6.07, 6.45) is 14.9. The van der Waals surface area contributed by atoms with Crippen molar-refractivity contribution in [2.24, 2.45) is 5.92 Å². The molecule has 2 amide bonds. The smallest absolute Gasteiger partial charge is 0.246 e. The van der Waals surface area contributed by atoms with Crippen molar-refractivity contribution >= 4 is 11.8 Å². The predicted octanol–water partition coefficient (Wildman–Crippen LogP) is 3.60. The number of nitrogens with one attached hydrogen (secondary N) is 1. The van der Waals surface area contributed by atoms with Gasteiger partial charge in [-0.05, 0) is 64.2 Å². The molecule has 0 aliphatic heterocycles. The third-order valence-electron chi connectivity index (χ3n) is 6.66. The van der Waals surface area contributed by atoms with Crippen LogP contribution >= 0.6 is 0 Å². The predicted molar refractivity (Wildman–Crippen MR) is 113 cm³/mol. The van der Waals surface area contributed by atoms with E-state index in [4.69, 9.17) is 0 Å². The van der Waals surface area contributed by atoms with Gasteiger partial charge in [0.15, 0.2) is 0 Å². The minimum absolute atomic E-state index is 0.0175. The summed E-state index contributed by atoms with van der Waals surface area (Å²) in [5, 5.41) is 3.17. The maximum atomic E-state index is 12.7. The second-order valence-corrected chi connectivity index (χ2v) is 8.84. The van der Waals surface area contributed by atoms with Crippen LogP contribution in [0, 0.1) is 5.92 Å². The van der Waals surface area contributed by atoms with Gasteiger partial charge in [0, 0.05) is 43.2 Å². The molecule has 29 heavy (non-hydrogen) atoms. The maximum absolute atomic E-state index is 12.7. The highest BCUT2D eigenvalue weighted by Crippen LogP contribution is 2.28. The first-order valence-corrected chi connectivity index (χ1v) is 11.0. The van der Waals surface area contributed by atoms with Crippen molar-refractivity contribution in [3.8, 4) is 0 Å². The molecule has 1 aromatic rings. The third-order valence-corrected chi connectivity index (χ3v) is 6.66. The lowest BCUT2D eigenvalue weighted by molar-refractivity contribution is -0.128. The lowest BCUT2D eigenvalue weighted by Gasteiger charge is -2.35. The largest absolute Gasteiger partial charge is 0.353 e. The average Bonchev–Trinajstić information content (AvgIpc) is 2.75. The number of carbonyl (C=O) groups is 2. The summed E-state index contributed by atoms with van der Waals surface area (Å²) >= 11 is 0. The van der Waals surface area contributed by atoms with Gasteiger partial charge in [0.25, 0.3) is 0 Å². The van der Waals surface area contributed by atoms with E-state index in [0.29, 0.717) is 0 Å². The number of likely N-dealkylation sites (N-methyl/N-ethyl adjacent to an activating group) is 1. The lowest BCUT2D eigenvalue weighted by Crippen LogP contribution is -2.45. The molecule has 2 fully saturated rings. The first-order chi connectivity index (χ1) is 13.9. The van der Waals surface area contributed by atoms with Crippen LogP contribution in [0.1, 0.15) is 76.7 Å². The van der Waals surface area contributed by atoms with Gasteiger partial charge in [-0.25, -0.2) is 9.97 Å². The quantitative estimate of drug-likeness (QED) is 0.769. The SMILES string of the molecule is CC1CCC(=CC(=O)N(C)C2CCC(NC(=O)C(C)c3cncnc3)CC2)CC1. The van der Waals surface area contributed by atoms with E-state index in [1.54, 1.807) is 12.4 Å². The Labute approximate surface area is 174 Å². The number of rotatable bonds is 5. The minimum Gasteiger partial charge on any atom is -0.353 e. The zero-order valence-electron chi connectivity index (χ0n) is 17.9. The van der Waals surface area contributed by atoms with E-state index in [1.165, 1.54) is 24.7 Å². The zero-order chi connectivity index (χ0) is 20.8. The van der Waals surface area contributed by atoms with Gasteiger partial charge < -0.3 is 10.2 Å². The summed E-state index contributed by atoms with van der Waals surface area (Å²) in [6.45, 7) is 4.17. The van der Waals surface area contributed by atoms with Gasteiger partial charge in [-0.1, -0.05) is 12.5 Å². The third kappa shape index (κ3) is 5.87. The molecule has 0 saturated heterocycles. The molecule has 0 bridgehead atoms. The van der Waals surface area contributed by atoms with Crippen molar-refractivity contribution in [1.82, 2.24) is 20.2 Å². The summed E-state index contributed by atoms with van der Waals surface area (Å²) in [7, 11) is 1.92. The molecule has 2 aliphatic rings. The Hall–Kier alpha value is -2.24. The van der Waals surface area contributed by atoms with Crippen LogP contribution in [0.3, 0.4) is 0 Å². The van der Waals surface area contributed by atoms with E-state index < -0.39 is 0 Å². The summed E-state index contributed by atoms with van der Waals surface area (Å²) < 4.78 is 0. The Morgan fingerprint density at radius 3 is 2.34 bits per heavy atom. The van der Waals surface area contributed by atoms with Crippen molar-refractivity contribution in [2.75, 3.05) is 7.05 Å². The van der Waals surface area contributed by atoms with Crippen LogP contribution in [0.4, 0.5) is 0 Å². The number of amides is 2. The fourth-order valence-electron chi connectivity index (χ4n) is 4.35. The Bertz CT molecular complexity index is 716. The van der Waals surface area contributed by atoms with Crippen molar-refractivity contribution in [3.63, 3.8) is 0 Å². The monoisotopic (exact) mass is 398 g/mol. The Morgan fingerprint density at radius 1 is 1.10 bits per heavy atom. The average molecular weight is 399 g/mol. The molecule has 0 aromatic carbocycles. The van der Waals surface area contributed by atoms with Gasteiger partial charge in [-0.2, -0.15) is 0 Å². The molecule has 0 spiro atoms. The molecule has 1 aromatic heterocycles. The number of carbonyl (C=O) groups excluding carboxylic acids is 2. The van der Waals surface area contributed by atoms with Crippen LogP contribution in [0.2, 0.25) is 0 Å². The van der Waals surface area contributed by atoms with E-state index in [-0.39, 0.29) is 29.8 Å². The molecule has 2 aliphatic carbocycles. The first-order valence-electron chi connectivity index (χ1n) is 11.0. The van der Waals surface area contributed by atoms with Crippen LogP contribution in [-0.2, 0) is 9.59 Å². The first kappa shape index (κ1) is 21.5. The van der Waals surface area contributed by atoms with Crippen molar-refractivity contribution in [2.45, 2.75) is 83.2 Å². The van der Waals surface area contributed by atoms with Crippen LogP contribution in [0.25, 0.3) is 0 Å². The number of nitrogens with zero attached hydrogens (tertiary/aromatic N) is 3.